The van der Waals surface area contributed by atoms with Crippen molar-refractivity contribution in [1.29, 1.82) is 0 Å². The van der Waals surface area contributed by atoms with Crippen LogP contribution in [0.25, 0.3) is 0 Å². The maximum atomic E-state index is 10.6. The summed E-state index contributed by atoms with van der Waals surface area (Å²) in [5, 5.41) is 13.9. The fraction of sp³-hybridized carbons (Fsp3) is 1.00. The molecular weight excluding hydrogens is 224 g/mol. The Morgan fingerprint density at radius 1 is 1.11 bits per heavy atom. The molecule has 2 fully saturated rings. The van der Waals surface area contributed by atoms with Gasteiger partial charge < -0.3 is 15.3 Å². The van der Waals surface area contributed by atoms with Gasteiger partial charge in [0.15, 0.2) is 0 Å². The van der Waals surface area contributed by atoms with E-state index < -0.39 is 5.60 Å². The van der Waals surface area contributed by atoms with E-state index in [2.05, 4.69) is 31.1 Å². The van der Waals surface area contributed by atoms with Crippen LogP contribution in [0.5, 0.6) is 0 Å². The van der Waals surface area contributed by atoms with Crippen molar-refractivity contribution in [3.05, 3.63) is 0 Å². The third-order valence-corrected chi connectivity index (χ3v) is 5.01. The molecule has 18 heavy (non-hydrogen) atoms. The van der Waals surface area contributed by atoms with Crippen molar-refractivity contribution in [2.75, 3.05) is 26.7 Å². The Morgan fingerprint density at radius 2 is 1.67 bits per heavy atom. The van der Waals surface area contributed by atoms with Crippen molar-refractivity contribution in [3.8, 4) is 0 Å². The molecule has 3 heteroatoms. The van der Waals surface area contributed by atoms with Crippen molar-refractivity contribution in [2.45, 2.75) is 64.0 Å². The molecule has 3 nitrogen and oxygen atoms in total. The largest absolute Gasteiger partial charge is 0.388 e. The molecule has 1 saturated heterocycles. The Bertz CT molecular complexity index is 262. The molecule has 1 aliphatic carbocycles. The van der Waals surface area contributed by atoms with E-state index in [9.17, 15) is 5.11 Å². The maximum Gasteiger partial charge on any atom is 0.0798 e. The fourth-order valence-corrected chi connectivity index (χ4v) is 3.47. The van der Waals surface area contributed by atoms with E-state index in [4.69, 9.17) is 0 Å². The van der Waals surface area contributed by atoms with E-state index in [1.54, 1.807) is 0 Å². The summed E-state index contributed by atoms with van der Waals surface area (Å²) in [5.74, 6) is 0. The molecule has 0 aromatic rings. The van der Waals surface area contributed by atoms with Gasteiger partial charge in [-0.05, 0) is 64.1 Å². The molecule has 0 radical (unpaired) electrons. The lowest BCUT2D eigenvalue weighted by molar-refractivity contribution is -0.0305. The van der Waals surface area contributed by atoms with Crippen LogP contribution in [0.15, 0.2) is 0 Å². The van der Waals surface area contributed by atoms with Crippen LogP contribution in [-0.2, 0) is 0 Å². The Morgan fingerprint density at radius 3 is 2.22 bits per heavy atom. The van der Waals surface area contributed by atoms with Crippen molar-refractivity contribution >= 4 is 0 Å². The maximum absolute atomic E-state index is 10.6. The van der Waals surface area contributed by atoms with Gasteiger partial charge in [-0.25, -0.2) is 0 Å². The number of piperidine rings is 1. The highest BCUT2D eigenvalue weighted by molar-refractivity contribution is 4.90. The summed E-state index contributed by atoms with van der Waals surface area (Å²) in [6.45, 7) is 7.52. The number of nitrogens with zero attached hydrogens (tertiary/aromatic N) is 1. The first-order valence-corrected chi connectivity index (χ1v) is 7.54. The lowest BCUT2D eigenvalue weighted by Crippen LogP contribution is -2.51. The van der Waals surface area contributed by atoms with Crippen LogP contribution in [0, 0.1) is 5.41 Å². The Balaban J connectivity index is 1.82. The highest BCUT2D eigenvalue weighted by Gasteiger charge is 2.34. The van der Waals surface area contributed by atoms with E-state index in [1.165, 1.54) is 25.7 Å². The van der Waals surface area contributed by atoms with E-state index in [-0.39, 0.29) is 0 Å². The highest BCUT2D eigenvalue weighted by atomic mass is 16.3. The zero-order valence-electron chi connectivity index (χ0n) is 12.3. The molecule has 2 aliphatic rings. The van der Waals surface area contributed by atoms with Gasteiger partial charge in [-0.2, -0.15) is 0 Å². The summed E-state index contributed by atoms with van der Waals surface area (Å²) in [7, 11) is 2.20. The van der Waals surface area contributed by atoms with Gasteiger partial charge in [0, 0.05) is 12.6 Å². The Kier molecular flexibility index (Phi) is 4.35. The van der Waals surface area contributed by atoms with Gasteiger partial charge in [0.2, 0.25) is 0 Å². The molecule has 106 valence electrons. The number of nitrogens with one attached hydrogen (secondary N) is 1. The standard InChI is InChI=1S/C15H30N2O/c1-14(2)6-4-13(5-7-14)17(3)12-15(18)8-10-16-11-9-15/h13,16,18H,4-12H2,1-3H3. The van der Waals surface area contributed by atoms with Crippen LogP contribution in [-0.4, -0.2) is 48.3 Å². The SMILES string of the molecule is CN(CC1(O)CCNCC1)C1CCC(C)(C)CC1. The lowest BCUT2D eigenvalue weighted by atomic mass is 9.75. The molecule has 1 aliphatic heterocycles. The molecule has 0 aromatic heterocycles. The van der Waals surface area contributed by atoms with Crippen molar-refractivity contribution in [2.24, 2.45) is 5.41 Å². The Labute approximate surface area is 112 Å². The third kappa shape index (κ3) is 3.69. The first-order chi connectivity index (χ1) is 8.40. The molecule has 1 heterocycles. The van der Waals surface area contributed by atoms with E-state index in [0.717, 1.165) is 32.5 Å². The van der Waals surface area contributed by atoms with Gasteiger partial charge in [-0.15, -0.1) is 0 Å². The second-order valence-electron chi connectivity index (χ2n) is 7.28. The first kappa shape index (κ1) is 14.3. The number of rotatable bonds is 3. The molecule has 0 amide bonds. The van der Waals surface area contributed by atoms with Gasteiger partial charge in [0.25, 0.3) is 0 Å². The summed E-state index contributed by atoms with van der Waals surface area (Å²) in [6, 6.07) is 0.678. The summed E-state index contributed by atoms with van der Waals surface area (Å²) >= 11 is 0. The molecule has 0 bridgehead atoms. The predicted molar refractivity (Wildman–Crippen MR) is 75.7 cm³/mol. The monoisotopic (exact) mass is 254 g/mol. The average Bonchev–Trinajstić information content (AvgIpc) is 2.29. The number of hydrogen-bond donors (Lipinski definition) is 2. The lowest BCUT2D eigenvalue weighted by Gasteiger charge is -2.42. The molecule has 2 rings (SSSR count). The number of hydrogen-bond acceptors (Lipinski definition) is 3. The van der Waals surface area contributed by atoms with Crippen LogP contribution < -0.4 is 5.32 Å². The Hall–Kier alpha value is -0.120. The summed E-state index contributed by atoms with van der Waals surface area (Å²) in [5.41, 5.74) is 0.0793. The van der Waals surface area contributed by atoms with Gasteiger partial charge in [-0.1, -0.05) is 13.8 Å². The van der Waals surface area contributed by atoms with Gasteiger partial charge in [0.1, 0.15) is 0 Å². The van der Waals surface area contributed by atoms with Crippen molar-refractivity contribution in [3.63, 3.8) is 0 Å². The molecule has 0 aromatic carbocycles. The van der Waals surface area contributed by atoms with E-state index >= 15 is 0 Å². The molecule has 0 spiro atoms. The molecule has 1 saturated carbocycles. The molecule has 0 unspecified atom stereocenters. The third-order valence-electron chi connectivity index (χ3n) is 5.01. The van der Waals surface area contributed by atoms with Gasteiger partial charge in [0.05, 0.1) is 5.60 Å². The van der Waals surface area contributed by atoms with Crippen LogP contribution in [0.2, 0.25) is 0 Å². The smallest absolute Gasteiger partial charge is 0.0798 e. The minimum atomic E-state index is -0.451. The van der Waals surface area contributed by atoms with Crippen LogP contribution in [0.3, 0.4) is 0 Å². The molecule has 2 N–H and O–H groups in total. The summed E-state index contributed by atoms with van der Waals surface area (Å²) < 4.78 is 0. The summed E-state index contributed by atoms with van der Waals surface area (Å²) in [4.78, 5) is 2.42. The number of aliphatic hydroxyl groups is 1. The quantitative estimate of drug-likeness (QED) is 0.808. The topological polar surface area (TPSA) is 35.5 Å². The second-order valence-corrected chi connectivity index (χ2v) is 7.28. The first-order valence-electron chi connectivity index (χ1n) is 7.54. The zero-order valence-corrected chi connectivity index (χ0v) is 12.3. The van der Waals surface area contributed by atoms with E-state index in [0.29, 0.717) is 11.5 Å². The normalized spacial score (nSPS) is 28.5. The average molecular weight is 254 g/mol. The van der Waals surface area contributed by atoms with Crippen LogP contribution in [0.1, 0.15) is 52.4 Å². The van der Waals surface area contributed by atoms with Crippen LogP contribution in [0.4, 0.5) is 0 Å². The second kappa shape index (κ2) is 5.48. The summed E-state index contributed by atoms with van der Waals surface area (Å²) in [6.07, 6.45) is 7.02. The minimum Gasteiger partial charge on any atom is -0.388 e. The zero-order chi connectivity index (χ0) is 13.2. The van der Waals surface area contributed by atoms with Gasteiger partial charge in [-0.3, -0.25) is 0 Å². The van der Waals surface area contributed by atoms with Crippen LogP contribution >= 0.6 is 0 Å². The predicted octanol–water partition coefficient (Wildman–Crippen LogP) is 2.00. The fourth-order valence-electron chi connectivity index (χ4n) is 3.47. The minimum absolute atomic E-state index is 0.451. The number of likely N-dealkylation sites (N-methyl/N-ethyl adjacent to an activating group) is 1. The van der Waals surface area contributed by atoms with E-state index in [1.807, 2.05) is 0 Å². The van der Waals surface area contributed by atoms with Crippen molar-refractivity contribution < 1.29 is 5.11 Å². The van der Waals surface area contributed by atoms with Gasteiger partial charge >= 0.3 is 0 Å². The van der Waals surface area contributed by atoms with Crippen molar-refractivity contribution in [1.82, 2.24) is 10.2 Å². The highest BCUT2D eigenvalue weighted by Crippen LogP contribution is 2.37. The molecule has 0 atom stereocenters. The molecular formula is C15H30N2O.